The number of anilines is 1. The number of aryl methyl sites for hydroxylation is 1. The predicted octanol–water partition coefficient (Wildman–Crippen LogP) is 1.57. The summed E-state index contributed by atoms with van der Waals surface area (Å²) in [5.41, 5.74) is 0. The summed E-state index contributed by atoms with van der Waals surface area (Å²) in [6.45, 7) is 0. The lowest BCUT2D eigenvalue weighted by Crippen LogP contribution is -2.09. The normalized spacial score (nSPS) is 9.00. The fourth-order valence-corrected chi connectivity index (χ4v) is 0.944. The number of hydrogen-bond acceptors (Lipinski definition) is 3. The second-order valence-electron chi connectivity index (χ2n) is 3.31. The van der Waals surface area contributed by atoms with Gasteiger partial charge in [-0.3, -0.25) is 0 Å². The highest BCUT2D eigenvalue weighted by Crippen LogP contribution is 2.02. The van der Waals surface area contributed by atoms with Crippen LogP contribution in [0.15, 0.2) is 43.1 Å². The third-order valence-electron chi connectivity index (χ3n) is 1.74. The van der Waals surface area contributed by atoms with Crippen LogP contribution in [0.3, 0.4) is 0 Å². The van der Waals surface area contributed by atoms with E-state index in [-0.39, 0.29) is 0 Å². The van der Waals surface area contributed by atoms with E-state index in [2.05, 4.69) is 9.97 Å². The molecule has 2 heterocycles. The van der Waals surface area contributed by atoms with Gasteiger partial charge in [-0.2, -0.15) is 0 Å². The minimum Gasteiger partial charge on any atom is -0.363 e. The lowest BCUT2D eigenvalue weighted by Gasteiger charge is -2.08. The monoisotopic (exact) mass is 204 g/mol. The van der Waals surface area contributed by atoms with E-state index in [1.807, 2.05) is 55.0 Å². The maximum Gasteiger partial charge on any atom is 0.127 e. The van der Waals surface area contributed by atoms with Gasteiger partial charge < -0.3 is 9.47 Å². The quantitative estimate of drug-likeness (QED) is 0.707. The summed E-state index contributed by atoms with van der Waals surface area (Å²) < 4.78 is 1.89. The predicted molar refractivity (Wildman–Crippen MR) is 61.8 cm³/mol. The molecule has 0 aliphatic carbocycles. The molecule has 15 heavy (non-hydrogen) atoms. The van der Waals surface area contributed by atoms with Crippen molar-refractivity contribution >= 4 is 5.82 Å². The molecule has 80 valence electrons. The van der Waals surface area contributed by atoms with Crippen molar-refractivity contribution in [2.24, 2.45) is 7.05 Å². The molecule has 0 radical (unpaired) electrons. The maximum atomic E-state index is 4.10. The van der Waals surface area contributed by atoms with Gasteiger partial charge in [0.05, 0.1) is 6.33 Å². The molecule has 0 atom stereocenters. The van der Waals surface area contributed by atoms with Gasteiger partial charge in [-0.15, -0.1) is 0 Å². The number of pyridine rings is 1. The first kappa shape index (κ1) is 11.2. The fourth-order valence-electron chi connectivity index (χ4n) is 0.944. The molecule has 2 aromatic rings. The van der Waals surface area contributed by atoms with E-state index < -0.39 is 0 Å². The smallest absolute Gasteiger partial charge is 0.127 e. The number of rotatable bonds is 1. The van der Waals surface area contributed by atoms with E-state index in [0.29, 0.717) is 0 Å². The van der Waals surface area contributed by atoms with Gasteiger partial charge in [0.15, 0.2) is 0 Å². The zero-order valence-corrected chi connectivity index (χ0v) is 9.33. The molecule has 4 heteroatoms. The van der Waals surface area contributed by atoms with Gasteiger partial charge in [0.2, 0.25) is 0 Å². The Labute approximate surface area is 90.2 Å². The van der Waals surface area contributed by atoms with Gasteiger partial charge in [0.25, 0.3) is 0 Å². The molecule has 0 unspecified atom stereocenters. The van der Waals surface area contributed by atoms with Crippen LogP contribution in [0.4, 0.5) is 5.82 Å². The van der Waals surface area contributed by atoms with Gasteiger partial charge >= 0.3 is 0 Å². The zero-order chi connectivity index (χ0) is 11.1. The topological polar surface area (TPSA) is 34.0 Å². The van der Waals surface area contributed by atoms with Gasteiger partial charge in [0, 0.05) is 39.7 Å². The van der Waals surface area contributed by atoms with Crippen molar-refractivity contribution in [3.63, 3.8) is 0 Å². The molecular weight excluding hydrogens is 188 g/mol. The standard InChI is InChI=1S/C7H10N2.C4H6N2/c1-9(2)7-5-3-4-6-8-7;1-6-3-2-5-4-6/h3-6H,1-2H3;2-4H,1H3. The van der Waals surface area contributed by atoms with Crippen LogP contribution in [-0.2, 0) is 7.05 Å². The summed E-state index contributed by atoms with van der Waals surface area (Å²) in [5, 5.41) is 0. The van der Waals surface area contributed by atoms with Gasteiger partial charge in [0.1, 0.15) is 5.82 Å². The highest BCUT2D eigenvalue weighted by Gasteiger charge is 1.89. The third kappa shape index (κ3) is 4.26. The summed E-state index contributed by atoms with van der Waals surface area (Å²) in [4.78, 5) is 9.86. The van der Waals surface area contributed by atoms with Crippen LogP contribution in [0.5, 0.6) is 0 Å². The Morgan fingerprint density at radius 2 is 2.00 bits per heavy atom. The highest BCUT2D eigenvalue weighted by molar-refractivity contribution is 5.34. The average Bonchev–Trinajstić information content (AvgIpc) is 2.71. The molecule has 0 saturated carbocycles. The van der Waals surface area contributed by atoms with Crippen LogP contribution in [0.2, 0.25) is 0 Å². The first-order valence-corrected chi connectivity index (χ1v) is 4.70. The number of aromatic nitrogens is 3. The number of nitrogens with zero attached hydrogens (tertiary/aromatic N) is 4. The molecule has 0 bridgehead atoms. The fraction of sp³-hybridized carbons (Fsp3) is 0.273. The highest BCUT2D eigenvalue weighted by atomic mass is 15.1. The van der Waals surface area contributed by atoms with E-state index in [9.17, 15) is 0 Å². The Morgan fingerprint density at radius 3 is 2.27 bits per heavy atom. The van der Waals surface area contributed by atoms with E-state index in [0.717, 1.165) is 5.82 Å². The van der Waals surface area contributed by atoms with Crippen LogP contribution in [0.1, 0.15) is 0 Å². The minimum absolute atomic E-state index is 0.998. The summed E-state index contributed by atoms with van der Waals surface area (Å²) >= 11 is 0. The zero-order valence-electron chi connectivity index (χ0n) is 9.33. The van der Waals surface area contributed by atoms with E-state index in [1.54, 1.807) is 18.7 Å². The van der Waals surface area contributed by atoms with Crippen molar-refractivity contribution < 1.29 is 0 Å². The van der Waals surface area contributed by atoms with Crippen molar-refractivity contribution in [2.75, 3.05) is 19.0 Å². The first-order chi connectivity index (χ1) is 7.20. The first-order valence-electron chi connectivity index (χ1n) is 4.70. The molecule has 0 saturated heterocycles. The van der Waals surface area contributed by atoms with Crippen molar-refractivity contribution in [1.29, 1.82) is 0 Å². The van der Waals surface area contributed by atoms with E-state index in [4.69, 9.17) is 0 Å². The van der Waals surface area contributed by atoms with Gasteiger partial charge in [-0.1, -0.05) is 6.07 Å². The molecule has 0 aliphatic rings. The molecule has 0 spiro atoms. The average molecular weight is 204 g/mol. The van der Waals surface area contributed by atoms with E-state index in [1.165, 1.54) is 0 Å². The summed E-state index contributed by atoms with van der Waals surface area (Å²) in [7, 11) is 5.89. The van der Waals surface area contributed by atoms with Crippen molar-refractivity contribution in [2.45, 2.75) is 0 Å². The second-order valence-corrected chi connectivity index (χ2v) is 3.31. The Morgan fingerprint density at radius 1 is 1.20 bits per heavy atom. The van der Waals surface area contributed by atoms with Crippen molar-refractivity contribution in [3.8, 4) is 0 Å². The molecule has 0 amide bonds. The van der Waals surface area contributed by atoms with Crippen LogP contribution in [0.25, 0.3) is 0 Å². The van der Waals surface area contributed by atoms with Crippen molar-refractivity contribution in [3.05, 3.63) is 43.1 Å². The van der Waals surface area contributed by atoms with Gasteiger partial charge in [-0.25, -0.2) is 9.97 Å². The van der Waals surface area contributed by atoms with Crippen molar-refractivity contribution in [1.82, 2.24) is 14.5 Å². The molecular formula is C11H16N4. The Bertz CT molecular complexity index is 353. The summed E-state index contributed by atoms with van der Waals surface area (Å²) in [6.07, 6.45) is 7.18. The van der Waals surface area contributed by atoms with Crippen LogP contribution in [0, 0.1) is 0 Å². The number of hydrogen-bond donors (Lipinski definition) is 0. The van der Waals surface area contributed by atoms with Crippen LogP contribution < -0.4 is 4.90 Å². The SMILES string of the molecule is CN(C)c1ccccn1.Cn1ccnc1. The Balaban J connectivity index is 0.000000162. The van der Waals surface area contributed by atoms with Crippen LogP contribution in [-0.4, -0.2) is 28.6 Å². The minimum atomic E-state index is 0.998. The Hall–Kier alpha value is -1.84. The summed E-state index contributed by atoms with van der Waals surface area (Å²) in [6, 6.07) is 5.86. The molecule has 0 aliphatic heterocycles. The van der Waals surface area contributed by atoms with Gasteiger partial charge in [-0.05, 0) is 12.1 Å². The molecule has 2 rings (SSSR count). The second kappa shape index (κ2) is 5.80. The van der Waals surface area contributed by atoms with Crippen LogP contribution >= 0.6 is 0 Å². The lowest BCUT2D eigenvalue weighted by atomic mass is 10.4. The molecule has 2 aromatic heterocycles. The maximum absolute atomic E-state index is 4.10. The molecule has 0 N–H and O–H groups in total. The number of imidazole rings is 1. The summed E-state index contributed by atoms with van der Waals surface area (Å²) in [5.74, 6) is 0.998. The van der Waals surface area contributed by atoms with E-state index >= 15 is 0 Å². The Kier molecular flexibility index (Phi) is 4.34. The molecule has 4 nitrogen and oxygen atoms in total. The molecule has 0 aromatic carbocycles. The molecule has 0 fully saturated rings. The third-order valence-corrected chi connectivity index (χ3v) is 1.74. The largest absolute Gasteiger partial charge is 0.363 e. The lowest BCUT2D eigenvalue weighted by molar-refractivity contribution is 0.913.